The molecule has 0 atom stereocenters. The normalized spacial score (nSPS) is 12.1. The lowest BCUT2D eigenvalue weighted by Gasteiger charge is -2.11. The van der Waals surface area contributed by atoms with Gasteiger partial charge in [-0.15, -0.1) is 0 Å². The van der Waals surface area contributed by atoms with Gasteiger partial charge < -0.3 is 20.0 Å². The molecule has 5 heteroatoms. The molecule has 0 saturated heterocycles. The van der Waals surface area contributed by atoms with Crippen LogP contribution in [0.15, 0.2) is 33.7 Å². The maximum absolute atomic E-state index is 5.94. The largest absolute Gasteiger partial charge is 0.459 e. The highest BCUT2D eigenvalue weighted by molar-refractivity contribution is 5.82. The van der Waals surface area contributed by atoms with E-state index < -0.39 is 0 Å². The van der Waals surface area contributed by atoms with Crippen molar-refractivity contribution in [3.63, 3.8) is 0 Å². The first kappa shape index (κ1) is 20.3. The second kappa shape index (κ2) is 10.9. The monoisotopic (exact) mass is 358 g/mol. The number of hydrogen-bond donors (Lipinski definition) is 2. The van der Waals surface area contributed by atoms with Gasteiger partial charge in [0, 0.05) is 24.5 Å². The first-order chi connectivity index (χ1) is 12.6. The second-order valence-corrected chi connectivity index (χ2v) is 7.07. The van der Waals surface area contributed by atoms with Gasteiger partial charge in [-0.1, -0.05) is 37.5 Å². The van der Waals surface area contributed by atoms with Crippen LogP contribution < -0.4 is 10.6 Å². The predicted molar refractivity (Wildman–Crippen MR) is 111 cm³/mol. The maximum Gasteiger partial charge on any atom is 0.191 e. The average Bonchev–Trinajstić information content (AvgIpc) is 2.96. The number of fused-ring (bicyclic) bond motifs is 1. The Labute approximate surface area is 157 Å². The molecule has 26 heavy (non-hydrogen) atoms. The third-order valence-electron chi connectivity index (χ3n) is 4.66. The highest BCUT2D eigenvalue weighted by atomic mass is 16.3. The summed E-state index contributed by atoms with van der Waals surface area (Å²) in [5.41, 5.74) is 2.14. The number of para-hydroxylation sites is 1. The molecular formula is C21H34N4O. The van der Waals surface area contributed by atoms with Crippen LogP contribution in [0.1, 0.15) is 43.4 Å². The van der Waals surface area contributed by atoms with Crippen molar-refractivity contribution in [2.24, 2.45) is 4.99 Å². The van der Waals surface area contributed by atoms with Crippen molar-refractivity contribution in [2.45, 2.75) is 45.6 Å². The Morgan fingerprint density at radius 3 is 2.50 bits per heavy atom. The van der Waals surface area contributed by atoms with Crippen LogP contribution in [0, 0.1) is 6.92 Å². The number of rotatable bonds is 10. The van der Waals surface area contributed by atoms with Crippen LogP contribution in [0.2, 0.25) is 0 Å². The average molecular weight is 359 g/mol. The number of benzene rings is 1. The fraction of sp³-hybridized carbons (Fsp3) is 0.571. The van der Waals surface area contributed by atoms with Gasteiger partial charge in [-0.25, -0.2) is 0 Å². The minimum Gasteiger partial charge on any atom is -0.459 e. The van der Waals surface area contributed by atoms with Gasteiger partial charge in [0.1, 0.15) is 11.3 Å². The van der Waals surface area contributed by atoms with Crippen molar-refractivity contribution in [3.05, 3.63) is 35.6 Å². The van der Waals surface area contributed by atoms with Crippen molar-refractivity contribution in [2.75, 3.05) is 34.2 Å². The summed E-state index contributed by atoms with van der Waals surface area (Å²) in [5.74, 6) is 1.80. The topological polar surface area (TPSA) is 52.8 Å². The first-order valence-corrected chi connectivity index (χ1v) is 9.68. The molecule has 2 aromatic rings. The van der Waals surface area contributed by atoms with E-state index in [0.29, 0.717) is 6.54 Å². The summed E-state index contributed by atoms with van der Waals surface area (Å²) in [5, 5.41) is 7.92. The molecule has 0 spiro atoms. The summed E-state index contributed by atoms with van der Waals surface area (Å²) in [6.45, 7) is 4.89. The van der Waals surface area contributed by atoms with Gasteiger partial charge in [-0.2, -0.15) is 0 Å². The Morgan fingerprint density at radius 1 is 1.04 bits per heavy atom. The minimum atomic E-state index is 0.644. The van der Waals surface area contributed by atoms with E-state index in [9.17, 15) is 0 Å². The molecule has 144 valence electrons. The molecule has 0 aliphatic rings. The van der Waals surface area contributed by atoms with Gasteiger partial charge >= 0.3 is 0 Å². The first-order valence-electron chi connectivity index (χ1n) is 9.68. The van der Waals surface area contributed by atoms with E-state index in [-0.39, 0.29) is 0 Å². The van der Waals surface area contributed by atoms with E-state index in [1.807, 2.05) is 25.2 Å². The van der Waals surface area contributed by atoms with E-state index >= 15 is 0 Å². The maximum atomic E-state index is 5.94. The molecule has 0 bridgehead atoms. The number of nitrogens with zero attached hydrogens (tertiary/aromatic N) is 2. The Balaban J connectivity index is 1.65. The van der Waals surface area contributed by atoms with Crippen LogP contribution in [-0.2, 0) is 6.54 Å². The van der Waals surface area contributed by atoms with Gasteiger partial charge in [0.15, 0.2) is 5.96 Å². The van der Waals surface area contributed by atoms with Gasteiger partial charge in [0.25, 0.3) is 0 Å². The van der Waals surface area contributed by atoms with Crippen molar-refractivity contribution in [1.29, 1.82) is 0 Å². The van der Waals surface area contributed by atoms with Crippen LogP contribution in [-0.4, -0.2) is 45.1 Å². The smallest absolute Gasteiger partial charge is 0.191 e. The van der Waals surface area contributed by atoms with E-state index in [0.717, 1.165) is 23.8 Å². The number of unbranched alkanes of at least 4 members (excludes halogenated alkanes) is 4. The van der Waals surface area contributed by atoms with E-state index in [1.54, 1.807) is 0 Å². The van der Waals surface area contributed by atoms with Crippen molar-refractivity contribution < 1.29 is 4.42 Å². The fourth-order valence-electron chi connectivity index (χ4n) is 3.07. The van der Waals surface area contributed by atoms with Gasteiger partial charge in [0.2, 0.25) is 0 Å². The Bertz CT molecular complexity index is 690. The summed E-state index contributed by atoms with van der Waals surface area (Å²) in [6.07, 6.45) is 6.35. The molecule has 0 amide bonds. The number of guanidine groups is 1. The van der Waals surface area contributed by atoms with Crippen LogP contribution >= 0.6 is 0 Å². The number of hydrogen-bond acceptors (Lipinski definition) is 3. The highest BCUT2D eigenvalue weighted by Gasteiger charge is 2.10. The van der Waals surface area contributed by atoms with Crippen LogP contribution in [0.3, 0.4) is 0 Å². The molecule has 2 N–H and O–H groups in total. The van der Waals surface area contributed by atoms with Crippen LogP contribution in [0.25, 0.3) is 11.0 Å². The molecule has 0 aliphatic heterocycles. The second-order valence-electron chi connectivity index (χ2n) is 7.07. The zero-order valence-corrected chi connectivity index (χ0v) is 16.8. The van der Waals surface area contributed by atoms with Gasteiger partial charge in [0.05, 0.1) is 6.54 Å². The van der Waals surface area contributed by atoms with Crippen molar-refractivity contribution in [3.8, 4) is 0 Å². The lowest BCUT2D eigenvalue weighted by atomic mass is 10.1. The summed E-state index contributed by atoms with van der Waals surface area (Å²) in [4.78, 5) is 6.55. The molecule has 0 radical (unpaired) electrons. The van der Waals surface area contributed by atoms with E-state index in [4.69, 9.17) is 4.42 Å². The summed E-state index contributed by atoms with van der Waals surface area (Å²) in [7, 11) is 6.08. The highest BCUT2D eigenvalue weighted by Crippen LogP contribution is 2.24. The zero-order chi connectivity index (χ0) is 18.8. The van der Waals surface area contributed by atoms with Crippen LogP contribution in [0.4, 0.5) is 0 Å². The molecule has 5 nitrogen and oxygen atoms in total. The molecule has 1 aromatic carbocycles. The van der Waals surface area contributed by atoms with Gasteiger partial charge in [-0.3, -0.25) is 4.99 Å². The molecule has 0 saturated carbocycles. The predicted octanol–water partition coefficient (Wildman–Crippen LogP) is 3.92. The fourth-order valence-corrected chi connectivity index (χ4v) is 3.07. The molecule has 0 fully saturated rings. The molecular weight excluding hydrogens is 324 g/mol. The third kappa shape index (κ3) is 6.37. The third-order valence-corrected chi connectivity index (χ3v) is 4.66. The summed E-state index contributed by atoms with van der Waals surface area (Å²) in [6, 6.07) is 8.16. The Hall–Kier alpha value is -2.01. The molecule has 1 heterocycles. The molecule has 0 unspecified atom stereocenters. The number of aryl methyl sites for hydroxylation is 1. The quantitative estimate of drug-likeness (QED) is 0.384. The van der Waals surface area contributed by atoms with Crippen molar-refractivity contribution >= 4 is 16.9 Å². The minimum absolute atomic E-state index is 0.644. The Morgan fingerprint density at radius 2 is 1.77 bits per heavy atom. The van der Waals surface area contributed by atoms with Gasteiger partial charge in [-0.05, 0) is 46.5 Å². The summed E-state index contributed by atoms with van der Waals surface area (Å²) < 4.78 is 5.94. The molecule has 1 aromatic heterocycles. The van der Waals surface area contributed by atoms with E-state index in [2.05, 4.69) is 47.6 Å². The number of aliphatic imine (C=N–C) groups is 1. The van der Waals surface area contributed by atoms with Crippen molar-refractivity contribution in [1.82, 2.24) is 15.5 Å². The lowest BCUT2D eigenvalue weighted by Crippen LogP contribution is -2.37. The number of furan rings is 1. The number of nitrogens with one attached hydrogen (secondary N) is 2. The lowest BCUT2D eigenvalue weighted by molar-refractivity contribution is 0.389. The zero-order valence-electron chi connectivity index (χ0n) is 16.8. The molecule has 2 rings (SSSR count). The van der Waals surface area contributed by atoms with E-state index in [1.165, 1.54) is 49.6 Å². The standard InChI is InChI=1S/C21H34N4O/c1-17-18-12-8-9-13-19(18)26-20(17)16-24-21(22-2)23-14-10-6-5-7-11-15-25(3)4/h8-9,12-13H,5-7,10-11,14-16H2,1-4H3,(H2,22,23,24). The summed E-state index contributed by atoms with van der Waals surface area (Å²) >= 11 is 0. The Kier molecular flexibility index (Phi) is 8.48. The molecule has 0 aliphatic carbocycles. The SMILES string of the molecule is CN=C(NCCCCCCCN(C)C)NCc1oc2ccccc2c1C. The van der Waals surface area contributed by atoms with Crippen LogP contribution in [0.5, 0.6) is 0 Å².